The van der Waals surface area contributed by atoms with Crippen LogP contribution in [0.2, 0.25) is 0 Å². The third kappa shape index (κ3) is 5.44. The molecule has 0 saturated carbocycles. The van der Waals surface area contributed by atoms with Crippen LogP contribution in [0, 0.1) is 0 Å². The largest absolute Gasteiger partial charge is 0.465 e. The second-order valence-electron chi connectivity index (χ2n) is 4.44. The number of primary amides is 1. The molecule has 0 unspecified atom stereocenters. The highest BCUT2D eigenvalue weighted by atomic mass is 32.2. The highest BCUT2D eigenvalue weighted by Crippen LogP contribution is 2.43. The maximum atomic E-state index is 8.78. The monoisotopic (exact) mass is 327 g/mol. The number of nitrogens with one attached hydrogen (secondary N) is 2. The summed E-state index contributed by atoms with van der Waals surface area (Å²) in [6, 6.07) is 20.6. The van der Waals surface area contributed by atoms with E-state index in [1.54, 1.807) is 0 Å². The molecule has 0 bridgehead atoms. The Kier molecular flexibility index (Phi) is 6.14. The molecule has 0 fully saturated rings. The van der Waals surface area contributed by atoms with Crippen LogP contribution in [0.15, 0.2) is 82.8 Å². The molecule has 6 heteroatoms. The van der Waals surface area contributed by atoms with Crippen LogP contribution >= 0.6 is 11.8 Å². The maximum Gasteiger partial charge on any atom is 0.402 e. The fourth-order valence-electron chi connectivity index (χ4n) is 1.86. The molecule has 1 amide bonds. The number of rotatable bonds is 0. The topological polar surface area (TPSA) is 91.1 Å². The minimum atomic E-state index is -1.33. The van der Waals surface area contributed by atoms with Crippen LogP contribution in [0.3, 0.4) is 0 Å². The first-order chi connectivity index (χ1) is 11.2. The molecule has 5 N–H and O–H groups in total. The van der Waals surface area contributed by atoms with Gasteiger partial charge < -0.3 is 21.1 Å². The lowest BCUT2D eigenvalue weighted by Gasteiger charge is -2.19. The third-order valence-electron chi connectivity index (χ3n) is 2.76. The minimum Gasteiger partial charge on any atom is -0.465 e. The summed E-state index contributed by atoms with van der Waals surface area (Å²) in [5.74, 6) is 0. The number of para-hydroxylation sites is 2. The van der Waals surface area contributed by atoms with Crippen LogP contribution in [0.4, 0.5) is 16.2 Å². The molecule has 0 atom stereocenters. The Bertz CT molecular complexity index is 636. The van der Waals surface area contributed by atoms with E-state index in [0.29, 0.717) is 0 Å². The molecule has 0 radical (unpaired) electrons. The number of hydrogen-bond donors (Lipinski definition) is 4. The van der Waals surface area contributed by atoms with Gasteiger partial charge in [-0.2, -0.15) is 0 Å². The summed E-state index contributed by atoms with van der Waals surface area (Å²) >= 11 is 1.82. The second kappa shape index (κ2) is 8.55. The van der Waals surface area contributed by atoms with Gasteiger partial charge in [0.2, 0.25) is 0 Å². The molecule has 2 heterocycles. The van der Waals surface area contributed by atoms with Gasteiger partial charge in [0.1, 0.15) is 0 Å². The fourth-order valence-corrected chi connectivity index (χ4v) is 2.85. The summed E-state index contributed by atoms with van der Waals surface area (Å²) in [4.78, 5) is 14.2. The smallest absolute Gasteiger partial charge is 0.402 e. The number of nitrogens with two attached hydrogens (primary N) is 1. The predicted molar refractivity (Wildman–Crippen MR) is 93.3 cm³/mol. The summed E-state index contributed by atoms with van der Waals surface area (Å²) in [5.41, 5.74) is 6.44. The molecule has 23 heavy (non-hydrogen) atoms. The number of amides is 1. The van der Waals surface area contributed by atoms with E-state index >= 15 is 0 Å². The molecule has 0 aliphatic carbocycles. The van der Waals surface area contributed by atoms with Crippen LogP contribution in [-0.2, 0) is 0 Å². The number of anilines is 2. The van der Waals surface area contributed by atoms with Gasteiger partial charge in [0, 0.05) is 22.2 Å². The zero-order valence-corrected chi connectivity index (χ0v) is 13.1. The zero-order chi connectivity index (χ0) is 16.5. The third-order valence-corrected chi connectivity index (χ3v) is 3.91. The highest BCUT2D eigenvalue weighted by molar-refractivity contribution is 7.99. The Morgan fingerprint density at radius 3 is 1.70 bits per heavy atom. The van der Waals surface area contributed by atoms with Gasteiger partial charge >= 0.3 is 6.09 Å². The van der Waals surface area contributed by atoms with E-state index in [-0.39, 0.29) is 0 Å². The Morgan fingerprint density at radius 1 is 0.870 bits per heavy atom. The lowest BCUT2D eigenvalue weighted by Crippen LogP contribution is -2.03. The second-order valence-corrected chi connectivity index (χ2v) is 5.53. The van der Waals surface area contributed by atoms with Crippen molar-refractivity contribution in [2.75, 3.05) is 5.32 Å². The van der Waals surface area contributed by atoms with Crippen molar-refractivity contribution < 1.29 is 9.90 Å². The van der Waals surface area contributed by atoms with E-state index in [1.165, 1.54) is 21.2 Å². The van der Waals surface area contributed by atoms with E-state index < -0.39 is 6.09 Å². The molecule has 0 saturated heterocycles. The molecule has 1 aliphatic heterocycles. The molecular formula is C17H17N3O2S. The Labute approximate surface area is 138 Å². The van der Waals surface area contributed by atoms with Gasteiger partial charge in [-0.3, -0.25) is 0 Å². The highest BCUT2D eigenvalue weighted by Gasteiger charge is 2.13. The summed E-state index contributed by atoms with van der Waals surface area (Å²) in [7, 11) is 0. The first kappa shape index (κ1) is 16.5. The lowest BCUT2D eigenvalue weighted by atomic mass is 10.2. The molecule has 3 aromatic rings. The van der Waals surface area contributed by atoms with Crippen molar-refractivity contribution in [2.45, 2.75) is 9.79 Å². The van der Waals surface area contributed by atoms with Crippen molar-refractivity contribution in [3.8, 4) is 0 Å². The summed E-state index contributed by atoms with van der Waals surface area (Å²) < 4.78 is 0. The van der Waals surface area contributed by atoms with Crippen LogP contribution in [0.5, 0.6) is 0 Å². The molecule has 5 nitrogen and oxygen atoms in total. The quantitative estimate of drug-likeness (QED) is 0.382. The number of hydrogen-bond acceptors (Lipinski definition) is 3. The summed E-state index contributed by atoms with van der Waals surface area (Å²) in [6.07, 6.45) is 2.42. The first-order valence-electron chi connectivity index (χ1n) is 6.86. The van der Waals surface area contributed by atoms with Crippen LogP contribution < -0.4 is 11.1 Å². The predicted octanol–water partition coefficient (Wildman–Crippen LogP) is 4.53. The lowest BCUT2D eigenvalue weighted by molar-refractivity contribution is 0.205. The molecular weight excluding hydrogens is 310 g/mol. The van der Waals surface area contributed by atoms with Gasteiger partial charge in [0.15, 0.2) is 0 Å². The molecule has 1 aromatic heterocycles. The van der Waals surface area contributed by atoms with Crippen molar-refractivity contribution in [1.29, 1.82) is 0 Å². The Balaban J connectivity index is 0.000000177. The number of benzene rings is 2. The van der Waals surface area contributed by atoms with Gasteiger partial charge in [-0.15, -0.1) is 0 Å². The van der Waals surface area contributed by atoms with Crippen molar-refractivity contribution in [3.63, 3.8) is 0 Å². The molecule has 2 aromatic carbocycles. The number of carboxylic acid groups (broad SMARTS) is 1. The van der Waals surface area contributed by atoms with Crippen molar-refractivity contribution in [1.82, 2.24) is 4.98 Å². The minimum absolute atomic E-state index is 1.20. The van der Waals surface area contributed by atoms with Gasteiger partial charge in [0.05, 0.1) is 11.4 Å². The van der Waals surface area contributed by atoms with Gasteiger partial charge in [-0.25, -0.2) is 4.79 Å². The number of fused-ring (bicyclic) bond motifs is 2. The van der Waals surface area contributed by atoms with Gasteiger partial charge in [-0.1, -0.05) is 36.0 Å². The normalized spacial score (nSPS) is 10.4. The fraction of sp³-hybridized carbons (Fsp3) is 0. The van der Waals surface area contributed by atoms with Crippen molar-refractivity contribution in [3.05, 3.63) is 73.1 Å². The first-order valence-corrected chi connectivity index (χ1v) is 7.67. The maximum absolute atomic E-state index is 8.78. The zero-order valence-electron chi connectivity index (χ0n) is 12.3. The summed E-state index contributed by atoms with van der Waals surface area (Å²) in [6.45, 7) is 0. The van der Waals surface area contributed by atoms with Crippen molar-refractivity contribution in [2.24, 2.45) is 5.73 Å². The van der Waals surface area contributed by atoms with Crippen molar-refractivity contribution >= 4 is 29.2 Å². The number of aromatic amines is 1. The average molecular weight is 327 g/mol. The van der Waals surface area contributed by atoms with E-state index in [1.807, 2.05) is 36.3 Å². The van der Waals surface area contributed by atoms with Gasteiger partial charge in [-0.05, 0) is 36.4 Å². The van der Waals surface area contributed by atoms with Crippen LogP contribution in [0.25, 0.3) is 0 Å². The molecule has 0 spiro atoms. The molecule has 118 valence electrons. The van der Waals surface area contributed by atoms with E-state index in [0.717, 1.165) is 0 Å². The van der Waals surface area contributed by atoms with E-state index in [2.05, 4.69) is 64.6 Å². The Hall–Kier alpha value is -2.86. The SMILES string of the molecule is NC(=O)O.c1cc[nH]c1.c1ccc2c(c1)Nc1ccccc1S2. The van der Waals surface area contributed by atoms with E-state index in [9.17, 15) is 0 Å². The van der Waals surface area contributed by atoms with Gasteiger partial charge in [0.25, 0.3) is 0 Å². The molecule has 4 rings (SSSR count). The van der Waals surface area contributed by atoms with E-state index in [4.69, 9.17) is 9.90 Å². The van der Waals surface area contributed by atoms with Crippen LogP contribution in [0.1, 0.15) is 0 Å². The summed E-state index contributed by atoms with van der Waals surface area (Å²) in [5, 5.41) is 10.6. The standard InChI is InChI=1S/C12H9NS.C4H5N.CH3NO2/c1-3-7-11-9(5-1)13-10-6-2-4-8-12(10)14-11;1-2-4-5-3-1;2-1(3)4/h1-8,13H;1-5H;2H2,(H,3,4). The number of carbonyl (C=O) groups is 1. The molecule has 1 aliphatic rings. The number of aromatic nitrogens is 1. The Morgan fingerprint density at radius 2 is 1.30 bits per heavy atom. The van der Waals surface area contributed by atoms with Crippen LogP contribution in [-0.4, -0.2) is 16.2 Å². The number of H-pyrrole nitrogens is 1. The average Bonchev–Trinajstić information content (AvgIpc) is 3.12.